The maximum atomic E-state index is 11.6. The number of hydrogen-bond acceptors (Lipinski definition) is 5. The van der Waals surface area contributed by atoms with Crippen LogP contribution in [0.15, 0.2) is 30.5 Å². The summed E-state index contributed by atoms with van der Waals surface area (Å²) in [6.07, 6.45) is 1.59. The molecule has 1 amide bonds. The van der Waals surface area contributed by atoms with Gasteiger partial charge in [-0.25, -0.2) is 0 Å². The van der Waals surface area contributed by atoms with Crippen molar-refractivity contribution in [2.24, 2.45) is 0 Å². The summed E-state index contributed by atoms with van der Waals surface area (Å²) in [4.78, 5) is 22.4. The molecule has 1 atom stereocenters. The molecule has 2 heterocycles. The highest BCUT2D eigenvalue weighted by Gasteiger charge is 2.30. The Hall–Kier alpha value is -2.35. The molecule has 1 aromatic carbocycles. The Kier molecular flexibility index (Phi) is 3.15. The highest BCUT2D eigenvalue weighted by molar-refractivity contribution is 8.00. The van der Waals surface area contributed by atoms with Gasteiger partial charge in [0.2, 0.25) is 5.91 Å². The molecule has 1 aliphatic rings. The third kappa shape index (κ3) is 2.14. The minimum absolute atomic E-state index is 0.0477. The predicted octanol–water partition coefficient (Wildman–Crippen LogP) is 2.09. The van der Waals surface area contributed by atoms with Crippen molar-refractivity contribution in [3.8, 4) is 0 Å². The maximum absolute atomic E-state index is 11.6. The number of thioether (sulfide) groups is 1. The zero-order valence-electron chi connectivity index (χ0n) is 10.2. The molecule has 0 unspecified atom stereocenters. The van der Waals surface area contributed by atoms with Gasteiger partial charge in [0.25, 0.3) is 5.69 Å². The van der Waals surface area contributed by atoms with Crippen LogP contribution in [0, 0.1) is 10.1 Å². The van der Waals surface area contributed by atoms with Gasteiger partial charge in [0.15, 0.2) is 0 Å². The zero-order chi connectivity index (χ0) is 14.1. The lowest BCUT2D eigenvalue weighted by molar-refractivity contribution is -0.385. The number of carbonyl (C=O) groups is 1. The van der Waals surface area contributed by atoms with Gasteiger partial charge in [0.05, 0.1) is 22.1 Å². The molecule has 1 aliphatic heterocycles. The van der Waals surface area contributed by atoms with Crippen LogP contribution >= 0.6 is 11.8 Å². The van der Waals surface area contributed by atoms with Crippen LogP contribution in [0.4, 0.5) is 11.5 Å². The number of anilines is 1. The summed E-state index contributed by atoms with van der Waals surface area (Å²) in [6.45, 7) is 0. The van der Waals surface area contributed by atoms with E-state index in [2.05, 4.69) is 15.5 Å². The Labute approximate surface area is 117 Å². The van der Waals surface area contributed by atoms with E-state index in [9.17, 15) is 14.9 Å². The van der Waals surface area contributed by atoms with Crippen LogP contribution in [0.5, 0.6) is 0 Å². The molecule has 8 heteroatoms. The Morgan fingerprint density at radius 1 is 1.35 bits per heavy atom. The second kappa shape index (κ2) is 4.97. The third-order valence-corrected chi connectivity index (χ3v) is 4.28. The first-order chi connectivity index (χ1) is 9.66. The summed E-state index contributed by atoms with van der Waals surface area (Å²) in [5, 5.41) is 20.2. The largest absolute Gasteiger partial charge is 0.310 e. The first-order valence-electron chi connectivity index (χ1n) is 5.85. The minimum Gasteiger partial charge on any atom is -0.310 e. The number of benzene rings is 1. The van der Waals surface area contributed by atoms with E-state index < -0.39 is 4.92 Å². The summed E-state index contributed by atoms with van der Waals surface area (Å²) >= 11 is 1.35. The Morgan fingerprint density at radius 2 is 2.15 bits per heavy atom. The molecule has 2 aromatic rings. The number of amides is 1. The van der Waals surface area contributed by atoms with Crippen molar-refractivity contribution in [2.75, 3.05) is 11.1 Å². The average Bonchev–Trinajstić information content (AvgIpc) is 2.81. The van der Waals surface area contributed by atoms with Gasteiger partial charge >= 0.3 is 0 Å². The summed E-state index contributed by atoms with van der Waals surface area (Å²) in [7, 11) is 0. The number of nitro groups is 1. The molecule has 0 bridgehead atoms. The van der Waals surface area contributed by atoms with Gasteiger partial charge in [-0.05, 0) is 0 Å². The van der Waals surface area contributed by atoms with Gasteiger partial charge in [-0.2, -0.15) is 5.10 Å². The zero-order valence-corrected chi connectivity index (χ0v) is 11.0. The van der Waals surface area contributed by atoms with E-state index in [0.29, 0.717) is 11.4 Å². The van der Waals surface area contributed by atoms with Crippen molar-refractivity contribution in [1.82, 2.24) is 10.2 Å². The predicted molar refractivity (Wildman–Crippen MR) is 74.6 cm³/mol. The molecule has 0 spiro atoms. The second-order valence-electron chi connectivity index (χ2n) is 4.26. The number of carbonyl (C=O) groups excluding carboxylic acids is 1. The molecule has 0 saturated carbocycles. The number of fused-ring (bicyclic) bond motifs is 1. The summed E-state index contributed by atoms with van der Waals surface area (Å²) in [5.74, 6) is 0.587. The summed E-state index contributed by atoms with van der Waals surface area (Å²) in [5.41, 5.74) is 1.36. The fourth-order valence-electron chi connectivity index (χ4n) is 2.15. The van der Waals surface area contributed by atoms with E-state index in [-0.39, 0.29) is 22.6 Å². The number of aromatic amines is 1. The van der Waals surface area contributed by atoms with E-state index in [4.69, 9.17) is 0 Å². The highest BCUT2D eigenvalue weighted by atomic mass is 32.2. The standard InChI is InChI=1S/C12H10N4O3S/c17-10-6-20-11(8-5-13-15-12(8)14-10)7-3-1-2-4-9(7)16(18)19/h1-5,11H,6H2,(H2,13,14,15,17)/t11-/m0/s1. The third-order valence-electron chi connectivity index (χ3n) is 3.01. The number of para-hydroxylation sites is 1. The van der Waals surface area contributed by atoms with E-state index >= 15 is 0 Å². The normalized spacial score (nSPS) is 18.0. The molecule has 1 aromatic heterocycles. The SMILES string of the molecule is O=C1CS[C@@H](c2ccccc2[N+](=O)[O-])c2cn[nH]c2N1. The van der Waals surface area contributed by atoms with Crippen LogP contribution in [-0.4, -0.2) is 26.8 Å². The number of nitrogens with zero attached hydrogens (tertiary/aromatic N) is 2. The van der Waals surface area contributed by atoms with Crippen LogP contribution < -0.4 is 5.32 Å². The lowest BCUT2D eigenvalue weighted by Gasteiger charge is -2.13. The van der Waals surface area contributed by atoms with Gasteiger partial charge in [0.1, 0.15) is 5.82 Å². The molecule has 7 nitrogen and oxygen atoms in total. The molecule has 20 heavy (non-hydrogen) atoms. The van der Waals surface area contributed by atoms with Crippen LogP contribution in [-0.2, 0) is 4.79 Å². The molecular weight excluding hydrogens is 280 g/mol. The quantitative estimate of drug-likeness (QED) is 0.651. The molecule has 0 fully saturated rings. The van der Waals surface area contributed by atoms with Gasteiger partial charge in [0, 0.05) is 17.2 Å². The molecular formula is C12H10N4O3S. The van der Waals surface area contributed by atoms with E-state index in [1.54, 1.807) is 24.4 Å². The Morgan fingerprint density at radius 3 is 2.95 bits per heavy atom. The van der Waals surface area contributed by atoms with Crippen molar-refractivity contribution in [3.63, 3.8) is 0 Å². The average molecular weight is 290 g/mol. The van der Waals surface area contributed by atoms with Crippen molar-refractivity contribution in [1.29, 1.82) is 0 Å². The summed E-state index contributed by atoms with van der Waals surface area (Å²) < 4.78 is 0. The first-order valence-corrected chi connectivity index (χ1v) is 6.89. The van der Waals surface area contributed by atoms with Crippen molar-refractivity contribution in [2.45, 2.75) is 5.25 Å². The molecule has 0 saturated heterocycles. The smallest absolute Gasteiger partial charge is 0.274 e. The molecule has 102 valence electrons. The van der Waals surface area contributed by atoms with Crippen LogP contribution in [0.1, 0.15) is 16.4 Å². The van der Waals surface area contributed by atoms with Crippen molar-refractivity contribution >= 4 is 29.2 Å². The number of aromatic nitrogens is 2. The number of nitrogens with one attached hydrogen (secondary N) is 2. The molecule has 0 aliphatic carbocycles. The Bertz CT molecular complexity index is 685. The number of nitro benzene ring substituents is 1. The molecule has 3 rings (SSSR count). The number of hydrogen-bond donors (Lipinski definition) is 2. The van der Waals surface area contributed by atoms with Gasteiger partial charge in [-0.3, -0.25) is 20.0 Å². The van der Waals surface area contributed by atoms with E-state index in [0.717, 1.165) is 5.56 Å². The lowest BCUT2D eigenvalue weighted by atomic mass is 10.0. The van der Waals surface area contributed by atoms with Gasteiger partial charge in [-0.15, -0.1) is 11.8 Å². The minimum atomic E-state index is -0.407. The van der Waals surface area contributed by atoms with Crippen LogP contribution in [0.25, 0.3) is 0 Å². The number of H-pyrrole nitrogens is 1. The molecule has 2 N–H and O–H groups in total. The maximum Gasteiger partial charge on any atom is 0.274 e. The monoisotopic (exact) mass is 290 g/mol. The Balaban J connectivity index is 2.11. The van der Waals surface area contributed by atoms with E-state index in [1.807, 2.05) is 0 Å². The van der Waals surface area contributed by atoms with Crippen molar-refractivity contribution < 1.29 is 9.72 Å². The summed E-state index contributed by atoms with van der Waals surface area (Å²) in [6, 6.07) is 6.56. The highest BCUT2D eigenvalue weighted by Crippen LogP contribution is 2.43. The fourth-order valence-corrected chi connectivity index (χ4v) is 3.28. The lowest BCUT2D eigenvalue weighted by Crippen LogP contribution is -2.12. The van der Waals surface area contributed by atoms with Gasteiger partial charge < -0.3 is 5.32 Å². The van der Waals surface area contributed by atoms with E-state index in [1.165, 1.54) is 17.8 Å². The second-order valence-corrected chi connectivity index (χ2v) is 5.35. The van der Waals surface area contributed by atoms with Crippen molar-refractivity contribution in [3.05, 3.63) is 51.7 Å². The fraction of sp³-hybridized carbons (Fsp3) is 0.167. The molecule has 0 radical (unpaired) electrons. The van der Waals surface area contributed by atoms with Crippen LogP contribution in [0.3, 0.4) is 0 Å². The van der Waals surface area contributed by atoms with Crippen LogP contribution in [0.2, 0.25) is 0 Å². The number of rotatable bonds is 2. The first kappa shape index (κ1) is 12.7. The topological polar surface area (TPSA) is 101 Å². The van der Waals surface area contributed by atoms with Gasteiger partial charge in [-0.1, -0.05) is 18.2 Å².